The number of benzene rings is 1. The van der Waals surface area contributed by atoms with Gasteiger partial charge in [-0.25, -0.2) is 0 Å². The topological polar surface area (TPSA) is 12.0 Å². The molecule has 14 heavy (non-hydrogen) atoms. The fraction of sp³-hybridized carbons (Fsp3) is 0.500. The lowest BCUT2D eigenvalue weighted by molar-refractivity contribution is 0.441. The minimum Gasteiger partial charge on any atom is -0.313 e. The van der Waals surface area contributed by atoms with Crippen LogP contribution in [0.3, 0.4) is 0 Å². The van der Waals surface area contributed by atoms with Gasteiger partial charge in [0, 0.05) is 9.61 Å². The van der Waals surface area contributed by atoms with Crippen molar-refractivity contribution >= 4 is 22.6 Å². The summed E-state index contributed by atoms with van der Waals surface area (Å²) in [6.45, 7) is 6.66. The van der Waals surface area contributed by atoms with Crippen LogP contribution >= 0.6 is 22.6 Å². The molecule has 0 spiro atoms. The van der Waals surface area contributed by atoms with E-state index in [1.165, 1.54) is 14.7 Å². The van der Waals surface area contributed by atoms with Crippen LogP contribution in [-0.4, -0.2) is 7.05 Å². The van der Waals surface area contributed by atoms with Crippen LogP contribution in [0.25, 0.3) is 0 Å². The Morgan fingerprint density at radius 3 is 2.43 bits per heavy atom. The van der Waals surface area contributed by atoms with Gasteiger partial charge in [-0.2, -0.15) is 0 Å². The Morgan fingerprint density at radius 2 is 1.93 bits per heavy atom. The van der Waals surface area contributed by atoms with Crippen molar-refractivity contribution in [3.05, 3.63) is 32.9 Å². The predicted octanol–water partition coefficient (Wildman–Crippen LogP) is 3.52. The lowest BCUT2D eigenvalue weighted by Crippen LogP contribution is -2.22. The molecule has 0 bridgehead atoms. The quantitative estimate of drug-likeness (QED) is 0.843. The standard InChI is InChI=1S/C12H18IN/c1-8(2)12(14-4)10-7-5-6-9(3)11(10)13/h5-8,12,14H,1-4H3. The third kappa shape index (κ3) is 2.48. The van der Waals surface area contributed by atoms with E-state index in [-0.39, 0.29) is 0 Å². The predicted molar refractivity (Wildman–Crippen MR) is 70.5 cm³/mol. The maximum absolute atomic E-state index is 3.38. The first-order valence-electron chi connectivity index (χ1n) is 5.00. The molecule has 1 unspecified atom stereocenters. The summed E-state index contributed by atoms with van der Waals surface area (Å²) in [5.41, 5.74) is 2.78. The van der Waals surface area contributed by atoms with Gasteiger partial charge >= 0.3 is 0 Å². The van der Waals surface area contributed by atoms with Gasteiger partial charge in [-0.05, 0) is 53.6 Å². The van der Waals surface area contributed by atoms with Gasteiger partial charge in [-0.1, -0.05) is 32.0 Å². The van der Waals surface area contributed by atoms with E-state index < -0.39 is 0 Å². The molecule has 2 heteroatoms. The highest BCUT2D eigenvalue weighted by atomic mass is 127. The molecule has 0 saturated carbocycles. The van der Waals surface area contributed by atoms with Gasteiger partial charge in [0.15, 0.2) is 0 Å². The molecule has 0 amide bonds. The van der Waals surface area contributed by atoms with E-state index in [1.807, 2.05) is 7.05 Å². The van der Waals surface area contributed by atoms with Gasteiger partial charge in [0.2, 0.25) is 0 Å². The molecule has 78 valence electrons. The van der Waals surface area contributed by atoms with Crippen molar-refractivity contribution in [2.45, 2.75) is 26.8 Å². The first-order valence-corrected chi connectivity index (χ1v) is 6.08. The van der Waals surface area contributed by atoms with Crippen LogP contribution in [0.15, 0.2) is 18.2 Å². The summed E-state index contributed by atoms with van der Waals surface area (Å²) in [5, 5.41) is 3.38. The van der Waals surface area contributed by atoms with E-state index in [1.54, 1.807) is 0 Å². The van der Waals surface area contributed by atoms with Crippen LogP contribution in [-0.2, 0) is 0 Å². The number of nitrogens with one attached hydrogen (secondary N) is 1. The van der Waals surface area contributed by atoms with Crippen LogP contribution in [0.1, 0.15) is 31.0 Å². The van der Waals surface area contributed by atoms with Gasteiger partial charge in [0.25, 0.3) is 0 Å². The third-order valence-corrected chi connectivity index (χ3v) is 4.01. The molecule has 0 radical (unpaired) electrons. The minimum atomic E-state index is 0.460. The van der Waals surface area contributed by atoms with Crippen LogP contribution in [0.5, 0.6) is 0 Å². The van der Waals surface area contributed by atoms with E-state index in [9.17, 15) is 0 Å². The Kier molecular flexibility index (Phi) is 4.38. The molecular formula is C12H18IN. The Bertz CT molecular complexity index is 307. The monoisotopic (exact) mass is 303 g/mol. The van der Waals surface area contributed by atoms with Crippen molar-refractivity contribution < 1.29 is 0 Å². The van der Waals surface area contributed by atoms with Crippen molar-refractivity contribution in [3.8, 4) is 0 Å². The highest BCUT2D eigenvalue weighted by Crippen LogP contribution is 2.27. The zero-order chi connectivity index (χ0) is 10.7. The number of hydrogen-bond acceptors (Lipinski definition) is 1. The van der Waals surface area contributed by atoms with E-state index in [0.717, 1.165) is 0 Å². The first kappa shape index (κ1) is 12.0. The normalized spacial score (nSPS) is 13.3. The molecule has 0 aliphatic carbocycles. The van der Waals surface area contributed by atoms with Gasteiger partial charge in [-0.3, -0.25) is 0 Å². The maximum atomic E-state index is 3.38. The van der Waals surface area contributed by atoms with E-state index >= 15 is 0 Å². The highest BCUT2D eigenvalue weighted by molar-refractivity contribution is 14.1. The maximum Gasteiger partial charge on any atom is 0.0351 e. The molecular weight excluding hydrogens is 285 g/mol. The molecule has 1 aromatic rings. The number of aryl methyl sites for hydroxylation is 1. The zero-order valence-corrected chi connectivity index (χ0v) is 11.4. The average Bonchev–Trinajstić information content (AvgIpc) is 2.13. The molecule has 0 aliphatic rings. The molecule has 0 saturated heterocycles. The van der Waals surface area contributed by atoms with Crippen LogP contribution < -0.4 is 5.32 Å². The summed E-state index contributed by atoms with van der Waals surface area (Å²) in [6, 6.07) is 6.98. The van der Waals surface area contributed by atoms with Crippen LogP contribution in [0.2, 0.25) is 0 Å². The summed E-state index contributed by atoms with van der Waals surface area (Å²) in [7, 11) is 2.03. The average molecular weight is 303 g/mol. The Hall–Kier alpha value is -0.0900. The second kappa shape index (κ2) is 5.12. The second-order valence-electron chi connectivity index (χ2n) is 3.99. The lowest BCUT2D eigenvalue weighted by Gasteiger charge is -2.22. The smallest absolute Gasteiger partial charge is 0.0351 e. The van der Waals surface area contributed by atoms with Gasteiger partial charge in [0.05, 0.1) is 0 Å². The fourth-order valence-electron chi connectivity index (χ4n) is 1.76. The summed E-state index contributed by atoms with van der Waals surface area (Å²) in [6.07, 6.45) is 0. The Balaban J connectivity index is 3.10. The van der Waals surface area contributed by atoms with E-state index in [4.69, 9.17) is 0 Å². The molecule has 0 heterocycles. The van der Waals surface area contributed by atoms with Crippen molar-refractivity contribution in [3.63, 3.8) is 0 Å². The molecule has 1 nitrogen and oxygen atoms in total. The zero-order valence-electron chi connectivity index (χ0n) is 9.26. The minimum absolute atomic E-state index is 0.460. The highest BCUT2D eigenvalue weighted by Gasteiger charge is 2.16. The molecule has 0 fully saturated rings. The third-order valence-electron chi connectivity index (χ3n) is 2.53. The first-order chi connectivity index (χ1) is 6.57. The van der Waals surface area contributed by atoms with Crippen molar-refractivity contribution in [2.75, 3.05) is 7.05 Å². The van der Waals surface area contributed by atoms with Crippen molar-refractivity contribution in [1.82, 2.24) is 5.32 Å². The van der Waals surface area contributed by atoms with Crippen molar-refractivity contribution in [1.29, 1.82) is 0 Å². The largest absolute Gasteiger partial charge is 0.313 e. The molecule has 0 aliphatic heterocycles. The fourth-order valence-corrected chi connectivity index (χ4v) is 2.45. The van der Waals surface area contributed by atoms with E-state index in [2.05, 4.69) is 66.9 Å². The van der Waals surface area contributed by atoms with Crippen LogP contribution in [0, 0.1) is 16.4 Å². The summed E-state index contributed by atoms with van der Waals surface area (Å²) >= 11 is 2.44. The van der Waals surface area contributed by atoms with Gasteiger partial charge in [0.1, 0.15) is 0 Å². The van der Waals surface area contributed by atoms with Crippen molar-refractivity contribution in [2.24, 2.45) is 5.92 Å². The Morgan fingerprint density at radius 1 is 1.29 bits per heavy atom. The molecule has 1 N–H and O–H groups in total. The summed E-state index contributed by atoms with van der Waals surface area (Å²) < 4.78 is 1.39. The van der Waals surface area contributed by atoms with Gasteiger partial charge < -0.3 is 5.32 Å². The summed E-state index contributed by atoms with van der Waals surface area (Å²) in [5.74, 6) is 0.621. The molecule has 0 aromatic heterocycles. The number of rotatable bonds is 3. The van der Waals surface area contributed by atoms with Gasteiger partial charge in [-0.15, -0.1) is 0 Å². The van der Waals surface area contributed by atoms with E-state index in [0.29, 0.717) is 12.0 Å². The summed E-state index contributed by atoms with van der Waals surface area (Å²) in [4.78, 5) is 0. The molecule has 1 rings (SSSR count). The second-order valence-corrected chi connectivity index (χ2v) is 5.07. The SMILES string of the molecule is CNC(c1cccc(C)c1I)C(C)C. The number of halogens is 1. The molecule has 1 atom stereocenters. The number of hydrogen-bond donors (Lipinski definition) is 1. The lowest BCUT2D eigenvalue weighted by atomic mass is 9.95. The van der Waals surface area contributed by atoms with Crippen LogP contribution in [0.4, 0.5) is 0 Å². The Labute approximate surface area is 100 Å². The molecule has 1 aromatic carbocycles.